The van der Waals surface area contributed by atoms with Crippen molar-refractivity contribution < 1.29 is 134 Å². The van der Waals surface area contributed by atoms with Gasteiger partial charge in [0.25, 0.3) is 0 Å². The van der Waals surface area contributed by atoms with Crippen molar-refractivity contribution in [2.75, 3.05) is 39.6 Å². The van der Waals surface area contributed by atoms with Gasteiger partial charge in [0.1, 0.15) is 109 Å². The van der Waals surface area contributed by atoms with Crippen molar-refractivity contribution >= 4 is 0 Å². The van der Waals surface area contributed by atoms with Gasteiger partial charge in [-0.05, 0) is 6.42 Å². The Labute approximate surface area is 410 Å². The van der Waals surface area contributed by atoms with E-state index in [1.807, 2.05) is 0 Å². The Morgan fingerprint density at radius 2 is 0.708 bits per heavy atom. The molecule has 6 heterocycles. The number of aliphatic hydroxyl groups is 17. The molecule has 0 spiro atoms. The number of ether oxygens (including phenoxy) is 10. The predicted molar refractivity (Wildman–Crippen MR) is 230 cm³/mol. The van der Waals surface area contributed by atoms with Gasteiger partial charge in [-0.15, -0.1) is 0 Å². The predicted octanol–water partition coefficient (Wildman–Crippen LogP) is -15.2. The maximum absolute atomic E-state index is 11.0. The second-order valence-electron chi connectivity index (χ2n) is 18.4. The molecule has 6 fully saturated rings. The number of aliphatic hydroxyl groups excluding tert-OH is 17. The van der Waals surface area contributed by atoms with E-state index in [0.717, 1.165) is 0 Å². The third-order valence-electron chi connectivity index (χ3n) is 13.8. The summed E-state index contributed by atoms with van der Waals surface area (Å²) >= 11 is 0. The molecular weight excluding hydrogens is 984 g/mol. The van der Waals surface area contributed by atoms with Gasteiger partial charge in [-0.3, -0.25) is 0 Å². The van der Waals surface area contributed by atoms with Crippen LogP contribution in [-0.4, -0.2) is 316 Å². The van der Waals surface area contributed by atoms with Crippen molar-refractivity contribution in [3.63, 3.8) is 0 Å². The minimum Gasteiger partial charge on any atom is -0.394 e. The smallest absolute Gasteiger partial charge is 0.176 e. The first-order valence-corrected chi connectivity index (χ1v) is 23.2. The summed E-state index contributed by atoms with van der Waals surface area (Å²) in [4.78, 5) is 0. The Hall–Kier alpha value is -1.32. The fraction of sp³-hybridized carbons (Fsp3) is 1.00. The molecule has 6 saturated heterocycles. The van der Waals surface area contributed by atoms with Gasteiger partial charge < -0.3 is 169 Å². The summed E-state index contributed by atoms with van der Waals surface area (Å²) in [5, 5.41) is 172. The lowest BCUT2D eigenvalue weighted by Crippen LogP contribution is -2.73. The Bertz CT molecular complexity index is 1630. The summed E-state index contributed by atoms with van der Waals surface area (Å²) in [6.07, 6.45) is -34.9. The molecule has 0 aromatic heterocycles. The van der Waals surface area contributed by atoms with Crippen LogP contribution in [-0.2, 0) is 47.4 Å². The Morgan fingerprint density at radius 3 is 1.06 bits per heavy atom. The van der Waals surface area contributed by atoms with Crippen LogP contribution in [0.5, 0.6) is 0 Å². The van der Waals surface area contributed by atoms with Crippen LogP contribution in [0.1, 0.15) is 13.3 Å². The molecule has 33 heteroatoms. The molecular formula is C39H76N6O27. The molecule has 0 aromatic carbocycles. The van der Waals surface area contributed by atoms with Gasteiger partial charge in [0.05, 0.1) is 82.0 Å². The number of hydrogen-bond donors (Lipinski definition) is 23. The fourth-order valence-electron chi connectivity index (χ4n) is 9.14. The van der Waals surface area contributed by atoms with Gasteiger partial charge in [-0.1, -0.05) is 6.92 Å². The van der Waals surface area contributed by atoms with Gasteiger partial charge in [0.15, 0.2) is 37.7 Å². The van der Waals surface area contributed by atoms with Crippen molar-refractivity contribution in [3.05, 3.63) is 0 Å². The maximum atomic E-state index is 11.0. The van der Waals surface area contributed by atoms with Crippen molar-refractivity contribution in [1.82, 2.24) is 0 Å². The summed E-state index contributed by atoms with van der Waals surface area (Å²) in [7, 11) is 0. The van der Waals surface area contributed by atoms with E-state index in [1.54, 1.807) is 6.92 Å². The molecule has 6 aliphatic heterocycles. The molecule has 72 heavy (non-hydrogen) atoms. The van der Waals surface area contributed by atoms with Crippen LogP contribution in [0.3, 0.4) is 0 Å². The highest BCUT2D eigenvalue weighted by molar-refractivity contribution is 5.06. The van der Waals surface area contributed by atoms with E-state index in [-0.39, 0.29) is 6.42 Å². The van der Waals surface area contributed by atoms with Crippen LogP contribution in [0, 0.1) is 0 Å². The molecule has 29 N–H and O–H groups in total. The van der Waals surface area contributed by atoms with E-state index >= 15 is 0 Å². The molecule has 33 nitrogen and oxygen atoms in total. The van der Waals surface area contributed by atoms with Crippen LogP contribution < -0.4 is 34.4 Å². The molecule has 0 radical (unpaired) electrons. The first-order valence-electron chi connectivity index (χ1n) is 23.2. The summed E-state index contributed by atoms with van der Waals surface area (Å²) in [5.41, 5.74) is 33.3. The maximum Gasteiger partial charge on any atom is 0.176 e. The van der Waals surface area contributed by atoms with Crippen LogP contribution in [0.4, 0.5) is 0 Å². The first-order chi connectivity index (χ1) is 33.9. The second-order valence-corrected chi connectivity index (χ2v) is 18.4. The highest BCUT2D eigenvalue weighted by Crippen LogP contribution is 2.37. The minimum absolute atomic E-state index is 0.0247. The lowest BCUT2D eigenvalue weighted by Gasteiger charge is -2.52. The topological polar surface area (TPSA) is 592 Å². The Kier molecular flexibility index (Phi) is 22.5. The van der Waals surface area contributed by atoms with Gasteiger partial charge in [0, 0.05) is 0 Å². The van der Waals surface area contributed by atoms with E-state index in [9.17, 15) is 86.8 Å². The van der Waals surface area contributed by atoms with Gasteiger partial charge >= 0.3 is 0 Å². The number of hydrogen-bond acceptors (Lipinski definition) is 33. The summed E-state index contributed by atoms with van der Waals surface area (Å²) in [5.74, 6) is 0. The third kappa shape index (κ3) is 12.5. The van der Waals surface area contributed by atoms with Gasteiger partial charge in [-0.2, -0.15) is 0 Å². The molecule has 6 rings (SSSR count). The molecule has 5 unspecified atom stereocenters. The average Bonchev–Trinajstić information content (AvgIpc) is 3.37. The van der Waals surface area contributed by atoms with Crippen molar-refractivity contribution in [3.8, 4) is 0 Å². The van der Waals surface area contributed by atoms with Crippen LogP contribution in [0.2, 0.25) is 0 Å². The SMILES string of the molecule is CCC(O)[C@@]1(CO)O[C@H](OC2[C@@H](CO)O[C@@H](OC3[C@@H](CO)O[C@@H](O)[C@H](N)[C@H]3O)[C@H](N)[C@H]2O)[C@H](N)[C@@H](O)[C@@H]1O.N[C@H]1[C@H](OC2[C@@H](CO)O[C@@H](OC3[C@@H](CO)O[C@@H](O)[C@H](N)[C@H]3O)[C@H](N)[C@H]2O)O[C@H](CO)[C@@H](O)[C@@H]1O. The molecule has 0 aliphatic carbocycles. The molecule has 0 amide bonds. The minimum atomic E-state index is -2.07. The van der Waals surface area contributed by atoms with Crippen molar-refractivity contribution in [2.24, 2.45) is 34.4 Å². The van der Waals surface area contributed by atoms with E-state index in [2.05, 4.69) is 0 Å². The number of rotatable bonds is 16. The van der Waals surface area contributed by atoms with Crippen molar-refractivity contribution in [1.29, 1.82) is 0 Å². The average molecular weight is 1060 g/mol. The van der Waals surface area contributed by atoms with E-state index in [1.165, 1.54) is 0 Å². The normalized spacial score (nSPS) is 51.8. The van der Waals surface area contributed by atoms with E-state index in [4.69, 9.17) is 81.8 Å². The summed E-state index contributed by atoms with van der Waals surface area (Å²) < 4.78 is 55.3. The molecule has 0 saturated carbocycles. The highest BCUT2D eigenvalue weighted by atomic mass is 16.8. The standard InChI is InChI=1S/C21H41N3O14.C18H35N3O13/c1-2-8(28)21(5-27)17(32)14(31)11(24)20(38-21)37-16-7(4-26)35-19(10(23)13(16)30)36-15-6(3-25)34-18(33)9(22)12(15)29;19-7-12(27)14(5(2-23)30-16(7)29)33-18-9(21)13(28)15(6(3-24)32-18)34-17-8(20)11(26)10(25)4(1-22)31-17/h6-20,25-33H,2-5,22-24H2,1H3;4-18,22-29H,1-3,19-21H2/t6-,7-,8?,9-,10-,11-,12-,13-,14-,15?,16?,17+,18-,19+,20+,21-;4-,5-,6-,7-,8-,9-,10-,11-,12-,13-,14?,15?,16-,17+,18+/m11/s1. The summed E-state index contributed by atoms with van der Waals surface area (Å²) in [6.45, 7) is -2.79. The largest absolute Gasteiger partial charge is 0.394 e. The van der Waals surface area contributed by atoms with Crippen LogP contribution >= 0.6 is 0 Å². The van der Waals surface area contributed by atoms with Crippen LogP contribution in [0.15, 0.2) is 0 Å². The first kappa shape index (κ1) is 61.5. The summed E-state index contributed by atoms with van der Waals surface area (Å²) in [6, 6.07) is -7.98. The second kappa shape index (κ2) is 26.4. The lowest BCUT2D eigenvalue weighted by molar-refractivity contribution is -0.369. The molecule has 0 bridgehead atoms. The van der Waals surface area contributed by atoms with E-state index < -0.39 is 229 Å². The highest BCUT2D eigenvalue weighted by Gasteiger charge is 2.59. The Balaban J connectivity index is 0.000000269. The quantitative estimate of drug-likeness (QED) is 0.0682. The molecule has 6 aliphatic rings. The third-order valence-corrected chi connectivity index (χ3v) is 13.8. The lowest BCUT2D eigenvalue weighted by atomic mass is 9.81. The van der Waals surface area contributed by atoms with Crippen LogP contribution in [0.25, 0.3) is 0 Å². The van der Waals surface area contributed by atoms with Gasteiger partial charge in [-0.25, -0.2) is 0 Å². The fourth-order valence-corrected chi connectivity index (χ4v) is 9.14. The zero-order valence-electron chi connectivity index (χ0n) is 38.9. The zero-order chi connectivity index (χ0) is 53.8. The molecule has 424 valence electrons. The monoisotopic (exact) mass is 1060 g/mol. The van der Waals surface area contributed by atoms with Gasteiger partial charge in [0.2, 0.25) is 0 Å². The zero-order valence-corrected chi connectivity index (χ0v) is 38.9. The number of nitrogens with two attached hydrogens (primary N) is 6. The Morgan fingerprint density at radius 1 is 0.403 bits per heavy atom. The molecule has 0 aromatic rings. The van der Waals surface area contributed by atoms with E-state index in [0.29, 0.717) is 0 Å². The molecule has 31 atom stereocenters. The van der Waals surface area contributed by atoms with Crippen molar-refractivity contribution in [2.45, 2.75) is 203 Å².